The Morgan fingerprint density at radius 2 is 1.90 bits per heavy atom. The van der Waals surface area contributed by atoms with Crippen molar-refractivity contribution in [3.63, 3.8) is 0 Å². The lowest BCUT2D eigenvalue weighted by Gasteiger charge is -2.18. The molecular formula is C18H20FNS. The van der Waals surface area contributed by atoms with Crippen LogP contribution in [0.15, 0.2) is 66.1 Å². The van der Waals surface area contributed by atoms with Gasteiger partial charge < -0.3 is 5.32 Å². The standard InChI is InChI=1S/C18H20FNS/c1-3-12-21-18-7-5-4-6-17(18)20-14(2)13-15-8-10-16(19)11-9-15/h3-11,14,20H,1,12-13H2,2H3. The number of para-hydroxylation sites is 1. The molecule has 0 aromatic heterocycles. The SMILES string of the molecule is C=CCSc1ccccc1NC(C)Cc1ccc(F)cc1. The van der Waals surface area contributed by atoms with Crippen molar-refractivity contribution in [2.45, 2.75) is 24.3 Å². The van der Waals surface area contributed by atoms with Gasteiger partial charge in [-0.25, -0.2) is 4.39 Å². The maximum atomic E-state index is 12.9. The van der Waals surface area contributed by atoms with Crippen LogP contribution >= 0.6 is 11.8 Å². The van der Waals surface area contributed by atoms with Gasteiger partial charge in [-0.3, -0.25) is 0 Å². The first-order chi connectivity index (χ1) is 10.2. The van der Waals surface area contributed by atoms with Gasteiger partial charge in [-0.1, -0.05) is 30.3 Å². The van der Waals surface area contributed by atoms with E-state index in [0.29, 0.717) is 0 Å². The number of benzene rings is 2. The van der Waals surface area contributed by atoms with Crippen molar-refractivity contribution in [2.24, 2.45) is 0 Å². The number of rotatable bonds is 7. The predicted octanol–water partition coefficient (Wildman–Crippen LogP) is 5.15. The van der Waals surface area contributed by atoms with Crippen LogP contribution in [0.1, 0.15) is 12.5 Å². The Morgan fingerprint density at radius 3 is 2.62 bits per heavy atom. The van der Waals surface area contributed by atoms with Crippen LogP contribution in [0.2, 0.25) is 0 Å². The Hall–Kier alpha value is -1.74. The summed E-state index contributed by atoms with van der Waals surface area (Å²) < 4.78 is 12.9. The molecule has 0 fully saturated rings. The first-order valence-electron chi connectivity index (χ1n) is 7.02. The van der Waals surface area contributed by atoms with Crippen LogP contribution in [-0.4, -0.2) is 11.8 Å². The van der Waals surface area contributed by atoms with Gasteiger partial charge in [0.1, 0.15) is 5.82 Å². The second-order valence-corrected chi connectivity index (χ2v) is 6.03. The Bertz CT molecular complexity index is 580. The van der Waals surface area contributed by atoms with Gasteiger partial charge in [0, 0.05) is 22.4 Å². The van der Waals surface area contributed by atoms with Crippen molar-refractivity contribution < 1.29 is 4.39 Å². The van der Waals surface area contributed by atoms with E-state index in [1.54, 1.807) is 11.8 Å². The van der Waals surface area contributed by atoms with E-state index < -0.39 is 0 Å². The van der Waals surface area contributed by atoms with Gasteiger partial charge in [-0.05, 0) is 43.2 Å². The second kappa shape index (κ2) is 7.89. The minimum absolute atomic E-state index is 0.189. The fourth-order valence-corrected chi connectivity index (χ4v) is 2.91. The average Bonchev–Trinajstić information content (AvgIpc) is 2.49. The quantitative estimate of drug-likeness (QED) is 0.561. The summed E-state index contributed by atoms with van der Waals surface area (Å²) in [7, 11) is 0. The van der Waals surface area contributed by atoms with Gasteiger partial charge in [-0.2, -0.15) is 0 Å². The Morgan fingerprint density at radius 1 is 1.19 bits per heavy atom. The molecule has 0 amide bonds. The summed E-state index contributed by atoms with van der Waals surface area (Å²) >= 11 is 1.77. The number of hydrogen-bond donors (Lipinski definition) is 1. The highest BCUT2D eigenvalue weighted by Gasteiger charge is 2.07. The van der Waals surface area contributed by atoms with Gasteiger partial charge in [0.05, 0.1) is 0 Å². The normalized spacial score (nSPS) is 11.9. The zero-order valence-electron chi connectivity index (χ0n) is 12.2. The highest BCUT2D eigenvalue weighted by atomic mass is 32.2. The van der Waals surface area contributed by atoms with E-state index >= 15 is 0 Å². The third-order valence-electron chi connectivity index (χ3n) is 3.10. The summed E-state index contributed by atoms with van der Waals surface area (Å²) in [6.45, 7) is 5.89. The van der Waals surface area contributed by atoms with Crippen LogP contribution in [0.25, 0.3) is 0 Å². The molecule has 0 aliphatic carbocycles. The molecule has 1 nitrogen and oxygen atoms in total. The number of nitrogens with one attached hydrogen (secondary N) is 1. The minimum atomic E-state index is -0.189. The Kier molecular flexibility index (Phi) is 5.88. The molecule has 0 radical (unpaired) electrons. The monoisotopic (exact) mass is 301 g/mol. The van der Waals surface area contributed by atoms with E-state index in [1.807, 2.05) is 30.3 Å². The van der Waals surface area contributed by atoms with Gasteiger partial charge in [0.25, 0.3) is 0 Å². The van der Waals surface area contributed by atoms with Crippen LogP contribution in [0.3, 0.4) is 0 Å². The van der Waals surface area contributed by atoms with E-state index in [2.05, 4.69) is 31.0 Å². The summed E-state index contributed by atoms with van der Waals surface area (Å²) in [6, 6.07) is 15.3. The lowest BCUT2D eigenvalue weighted by Crippen LogP contribution is -2.18. The highest BCUT2D eigenvalue weighted by Crippen LogP contribution is 2.27. The Labute approximate surface area is 130 Å². The van der Waals surface area contributed by atoms with Gasteiger partial charge in [-0.15, -0.1) is 18.3 Å². The molecule has 0 aliphatic rings. The first-order valence-corrected chi connectivity index (χ1v) is 8.01. The summed E-state index contributed by atoms with van der Waals surface area (Å²) in [5, 5.41) is 3.53. The zero-order chi connectivity index (χ0) is 15.1. The maximum absolute atomic E-state index is 12.9. The molecule has 0 saturated carbocycles. The second-order valence-electron chi connectivity index (χ2n) is 4.97. The maximum Gasteiger partial charge on any atom is 0.123 e. The van der Waals surface area contributed by atoms with Crippen molar-refractivity contribution in [3.05, 3.63) is 72.6 Å². The van der Waals surface area contributed by atoms with Crippen molar-refractivity contribution in [3.8, 4) is 0 Å². The molecule has 0 saturated heterocycles. The largest absolute Gasteiger partial charge is 0.381 e. The van der Waals surface area contributed by atoms with Crippen LogP contribution in [0.5, 0.6) is 0 Å². The molecule has 2 aromatic rings. The first kappa shape index (κ1) is 15.6. The minimum Gasteiger partial charge on any atom is -0.381 e. The number of hydrogen-bond acceptors (Lipinski definition) is 2. The van der Waals surface area contributed by atoms with E-state index in [4.69, 9.17) is 0 Å². The number of anilines is 1. The van der Waals surface area contributed by atoms with E-state index in [0.717, 1.165) is 23.4 Å². The number of thioether (sulfide) groups is 1. The summed E-state index contributed by atoms with van der Waals surface area (Å²) in [6.07, 6.45) is 2.77. The van der Waals surface area contributed by atoms with Crippen LogP contribution < -0.4 is 5.32 Å². The smallest absolute Gasteiger partial charge is 0.123 e. The third-order valence-corrected chi connectivity index (χ3v) is 4.17. The lowest BCUT2D eigenvalue weighted by molar-refractivity contribution is 0.626. The molecule has 2 rings (SSSR count). The molecule has 0 bridgehead atoms. The topological polar surface area (TPSA) is 12.0 Å². The molecule has 110 valence electrons. The Balaban J connectivity index is 2.00. The van der Waals surface area contributed by atoms with Crippen LogP contribution in [-0.2, 0) is 6.42 Å². The van der Waals surface area contributed by atoms with Crippen molar-refractivity contribution in [1.29, 1.82) is 0 Å². The molecule has 1 atom stereocenters. The number of halogens is 1. The highest BCUT2D eigenvalue weighted by molar-refractivity contribution is 7.99. The molecule has 3 heteroatoms. The molecular weight excluding hydrogens is 281 g/mol. The molecule has 21 heavy (non-hydrogen) atoms. The van der Waals surface area contributed by atoms with Crippen LogP contribution in [0.4, 0.5) is 10.1 Å². The van der Waals surface area contributed by atoms with E-state index in [1.165, 1.54) is 17.0 Å². The zero-order valence-corrected chi connectivity index (χ0v) is 13.0. The fourth-order valence-electron chi connectivity index (χ4n) is 2.15. The van der Waals surface area contributed by atoms with Gasteiger partial charge in [0.2, 0.25) is 0 Å². The van der Waals surface area contributed by atoms with E-state index in [-0.39, 0.29) is 11.9 Å². The fraction of sp³-hybridized carbons (Fsp3) is 0.222. The third kappa shape index (κ3) is 4.94. The predicted molar refractivity (Wildman–Crippen MR) is 90.6 cm³/mol. The molecule has 1 N–H and O–H groups in total. The van der Waals surface area contributed by atoms with E-state index in [9.17, 15) is 4.39 Å². The summed E-state index contributed by atoms with van der Waals surface area (Å²) in [4.78, 5) is 1.23. The lowest BCUT2D eigenvalue weighted by atomic mass is 10.1. The molecule has 0 aliphatic heterocycles. The van der Waals surface area contributed by atoms with Crippen molar-refractivity contribution >= 4 is 17.4 Å². The summed E-state index contributed by atoms with van der Waals surface area (Å²) in [5.74, 6) is 0.705. The van der Waals surface area contributed by atoms with Crippen LogP contribution in [0, 0.1) is 5.82 Å². The van der Waals surface area contributed by atoms with Gasteiger partial charge in [0.15, 0.2) is 0 Å². The molecule has 0 heterocycles. The average molecular weight is 301 g/mol. The molecule has 1 unspecified atom stereocenters. The molecule has 0 spiro atoms. The van der Waals surface area contributed by atoms with Crippen molar-refractivity contribution in [2.75, 3.05) is 11.1 Å². The van der Waals surface area contributed by atoms with Gasteiger partial charge >= 0.3 is 0 Å². The van der Waals surface area contributed by atoms with Crippen molar-refractivity contribution in [1.82, 2.24) is 0 Å². The molecule has 2 aromatic carbocycles. The summed E-state index contributed by atoms with van der Waals surface area (Å²) in [5.41, 5.74) is 2.27.